The number of rotatable bonds is 4. The first-order valence-electron chi connectivity index (χ1n) is 15.1. The van der Waals surface area contributed by atoms with Crippen LogP contribution in [0.2, 0.25) is 0 Å². The van der Waals surface area contributed by atoms with Gasteiger partial charge in [0.2, 0.25) is 0 Å². The number of furan rings is 1. The summed E-state index contributed by atoms with van der Waals surface area (Å²) in [5.41, 5.74) is 8.59. The third-order valence-electron chi connectivity index (χ3n) is 8.84. The van der Waals surface area contributed by atoms with E-state index in [1.54, 1.807) is 0 Å². The van der Waals surface area contributed by atoms with Crippen LogP contribution in [0.15, 0.2) is 162 Å². The molecule has 45 heavy (non-hydrogen) atoms. The average molecular weight is 579 g/mol. The lowest BCUT2D eigenvalue weighted by Crippen LogP contribution is -2.34. The molecule has 4 nitrogen and oxygen atoms in total. The van der Waals surface area contributed by atoms with E-state index in [0.717, 1.165) is 67.1 Å². The van der Waals surface area contributed by atoms with Gasteiger partial charge in [0.25, 0.3) is 0 Å². The van der Waals surface area contributed by atoms with Crippen molar-refractivity contribution in [2.45, 2.75) is 5.41 Å². The van der Waals surface area contributed by atoms with Crippen LogP contribution in [-0.4, -0.2) is 9.97 Å². The van der Waals surface area contributed by atoms with E-state index in [1.807, 2.05) is 42.5 Å². The van der Waals surface area contributed by atoms with Gasteiger partial charge in [0.05, 0.1) is 11.0 Å². The highest BCUT2D eigenvalue weighted by molar-refractivity contribution is 6.07. The maximum Gasteiger partial charge on any atom is 0.180 e. The quantitative estimate of drug-likeness (QED) is 0.208. The van der Waals surface area contributed by atoms with Gasteiger partial charge in [0, 0.05) is 22.1 Å². The Balaban J connectivity index is 1.39. The summed E-state index contributed by atoms with van der Waals surface area (Å²) in [6.07, 6.45) is 0. The fraction of sp³-hybridized carbons (Fsp3) is 0.0244. The Labute approximate surface area is 260 Å². The fourth-order valence-corrected chi connectivity index (χ4v) is 6.91. The van der Waals surface area contributed by atoms with E-state index < -0.39 is 5.41 Å². The summed E-state index contributed by atoms with van der Waals surface area (Å²) in [7, 11) is 0. The standard InChI is InChI=1S/C41H26N2O2/c1-4-15-27(16-5-1)36-39-37(30-21-10-12-25-34(30)44-39)43-40(42-36)31-22-14-24-33-38(31)45-35-26-13-11-23-32(35)41(33,28-17-6-2-7-18-28)29-19-8-3-9-20-29/h1-26H. The normalized spacial score (nSPS) is 13.2. The van der Waals surface area contributed by atoms with Crippen LogP contribution in [0.25, 0.3) is 44.7 Å². The number of benzene rings is 6. The Morgan fingerprint density at radius 2 is 1.13 bits per heavy atom. The Morgan fingerprint density at radius 1 is 0.511 bits per heavy atom. The predicted molar refractivity (Wildman–Crippen MR) is 179 cm³/mol. The van der Waals surface area contributed by atoms with Crippen molar-refractivity contribution in [3.63, 3.8) is 0 Å². The molecule has 0 amide bonds. The summed E-state index contributed by atoms with van der Waals surface area (Å²) in [6.45, 7) is 0. The number of nitrogens with zero attached hydrogens (tertiary/aromatic N) is 2. The lowest BCUT2D eigenvalue weighted by molar-refractivity contribution is 0.436. The first-order chi connectivity index (χ1) is 22.3. The molecule has 1 aliphatic rings. The van der Waals surface area contributed by atoms with Crippen LogP contribution >= 0.6 is 0 Å². The number of aromatic nitrogens is 2. The lowest BCUT2D eigenvalue weighted by Gasteiger charge is -2.42. The molecule has 0 aliphatic carbocycles. The first kappa shape index (κ1) is 25.5. The summed E-state index contributed by atoms with van der Waals surface area (Å²) < 4.78 is 13.3. The van der Waals surface area contributed by atoms with Crippen LogP contribution in [0, 0.1) is 0 Å². The number of hydrogen-bond acceptors (Lipinski definition) is 4. The van der Waals surface area contributed by atoms with Gasteiger partial charge in [-0.25, -0.2) is 9.97 Å². The molecule has 9 rings (SSSR count). The second-order valence-electron chi connectivity index (χ2n) is 11.3. The lowest BCUT2D eigenvalue weighted by atomic mass is 9.63. The molecular formula is C41H26N2O2. The molecule has 6 aromatic carbocycles. The van der Waals surface area contributed by atoms with Crippen molar-refractivity contribution < 1.29 is 9.15 Å². The second-order valence-corrected chi connectivity index (χ2v) is 11.3. The molecule has 0 fully saturated rings. The topological polar surface area (TPSA) is 48.2 Å². The number of fused-ring (bicyclic) bond motifs is 5. The molecule has 0 unspecified atom stereocenters. The molecule has 2 aromatic heterocycles. The minimum Gasteiger partial charge on any atom is -0.456 e. The Morgan fingerprint density at radius 3 is 1.89 bits per heavy atom. The van der Waals surface area contributed by atoms with E-state index in [4.69, 9.17) is 19.1 Å². The highest BCUT2D eigenvalue weighted by Crippen LogP contribution is 2.57. The maximum absolute atomic E-state index is 6.88. The van der Waals surface area contributed by atoms with E-state index in [0.29, 0.717) is 11.4 Å². The molecule has 212 valence electrons. The van der Waals surface area contributed by atoms with Crippen molar-refractivity contribution in [3.05, 3.63) is 180 Å². The molecule has 0 radical (unpaired) electrons. The number of para-hydroxylation sites is 3. The van der Waals surface area contributed by atoms with Gasteiger partial charge in [-0.1, -0.05) is 133 Å². The molecule has 0 bridgehead atoms. The van der Waals surface area contributed by atoms with E-state index in [9.17, 15) is 0 Å². The summed E-state index contributed by atoms with van der Waals surface area (Å²) in [6, 6.07) is 54.2. The largest absolute Gasteiger partial charge is 0.456 e. The highest BCUT2D eigenvalue weighted by Gasteiger charge is 2.46. The monoisotopic (exact) mass is 578 g/mol. The van der Waals surface area contributed by atoms with Gasteiger partial charge >= 0.3 is 0 Å². The van der Waals surface area contributed by atoms with Gasteiger partial charge in [-0.3, -0.25) is 0 Å². The van der Waals surface area contributed by atoms with Gasteiger partial charge in [-0.2, -0.15) is 0 Å². The van der Waals surface area contributed by atoms with Crippen LogP contribution in [-0.2, 0) is 5.41 Å². The molecule has 0 saturated carbocycles. The molecule has 0 N–H and O–H groups in total. The summed E-state index contributed by atoms with van der Waals surface area (Å²) >= 11 is 0. The minimum absolute atomic E-state index is 0.583. The molecule has 1 aliphatic heterocycles. The minimum atomic E-state index is -0.628. The van der Waals surface area contributed by atoms with Crippen LogP contribution < -0.4 is 4.74 Å². The third kappa shape index (κ3) is 3.79. The van der Waals surface area contributed by atoms with Crippen LogP contribution in [0.1, 0.15) is 22.3 Å². The highest BCUT2D eigenvalue weighted by atomic mass is 16.5. The molecule has 8 aromatic rings. The molecule has 4 heteroatoms. The smallest absolute Gasteiger partial charge is 0.180 e. The Bertz CT molecular complexity index is 2310. The van der Waals surface area contributed by atoms with Crippen molar-refractivity contribution in [2.75, 3.05) is 0 Å². The molecule has 3 heterocycles. The zero-order valence-corrected chi connectivity index (χ0v) is 24.2. The second kappa shape index (κ2) is 10.0. The van der Waals surface area contributed by atoms with Crippen molar-refractivity contribution in [1.29, 1.82) is 0 Å². The van der Waals surface area contributed by atoms with Crippen LogP contribution in [0.5, 0.6) is 11.5 Å². The van der Waals surface area contributed by atoms with E-state index in [-0.39, 0.29) is 0 Å². The van der Waals surface area contributed by atoms with Crippen LogP contribution in [0.4, 0.5) is 0 Å². The zero-order valence-electron chi connectivity index (χ0n) is 24.2. The first-order valence-corrected chi connectivity index (χ1v) is 15.1. The molecule has 0 atom stereocenters. The van der Waals surface area contributed by atoms with Gasteiger partial charge in [0.15, 0.2) is 11.4 Å². The zero-order chi connectivity index (χ0) is 29.8. The Kier molecular flexibility index (Phi) is 5.69. The number of hydrogen-bond donors (Lipinski definition) is 0. The van der Waals surface area contributed by atoms with Gasteiger partial charge in [-0.05, 0) is 35.4 Å². The average Bonchev–Trinajstić information content (AvgIpc) is 3.50. The van der Waals surface area contributed by atoms with Crippen molar-refractivity contribution in [2.24, 2.45) is 0 Å². The van der Waals surface area contributed by atoms with Gasteiger partial charge < -0.3 is 9.15 Å². The molecule has 0 saturated heterocycles. The molecule has 0 spiro atoms. The third-order valence-corrected chi connectivity index (χ3v) is 8.84. The number of ether oxygens (including phenoxy) is 1. The van der Waals surface area contributed by atoms with Crippen molar-refractivity contribution in [3.8, 4) is 34.1 Å². The molecular weight excluding hydrogens is 552 g/mol. The summed E-state index contributed by atoms with van der Waals surface area (Å²) in [4.78, 5) is 10.4. The predicted octanol–water partition coefficient (Wildman–Crippen LogP) is 10.2. The van der Waals surface area contributed by atoms with E-state index in [1.165, 1.54) is 0 Å². The SMILES string of the molecule is c1ccc(-c2nc(-c3cccc4c3Oc3ccccc3C4(c3ccccc3)c3ccccc3)nc3c2oc2ccccc23)cc1. The summed E-state index contributed by atoms with van der Waals surface area (Å²) in [5, 5.41) is 0.951. The fourth-order valence-electron chi connectivity index (χ4n) is 6.91. The van der Waals surface area contributed by atoms with Gasteiger partial charge in [0.1, 0.15) is 28.3 Å². The van der Waals surface area contributed by atoms with Crippen LogP contribution in [0.3, 0.4) is 0 Å². The van der Waals surface area contributed by atoms with Crippen molar-refractivity contribution in [1.82, 2.24) is 9.97 Å². The van der Waals surface area contributed by atoms with Gasteiger partial charge in [-0.15, -0.1) is 0 Å². The Hall–Kier alpha value is -6.00. The van der Waals surface area contributed by atoms with E-state index >= 15 is 0 Å². The summed E-state index contributed by atoms with van der Waals surface area (Å²) in [5.74, 6) is 2.14. The maximum atomic E-state index is 6.88. The van der Waals surface area contributed by atoms with E-state index in [2.05, 4.69) is 115 Å². The van der Waals surface area contributed by atoms with Crippen molar-refractivity contribution >= 4 is 22.1 Å².